The van der Waals surface area contributed by atoms with Crippen molar-refractivity contribution in [3.63, 3.8) is 0 Å². The Morgan fingerprint density at radius 1 is 1.18 bits per heavy atom. The molecule has 0 radical (unpaired) electrons. The summed E-state index contributed by atoms with van der Waals surface area (Å²) < 4.78 is 24.2. The number of carbonyl (C=O) groups excluding carboxylic acids is 1. The highest BCUT2D eigenvalue weighted by Crippen LogP contribution is 2.30. The molecular weight excluding hydrogens is 287 g/mol. The third-order valence-electron chi connectivity index (χ3n) is 4.43. The second-order valence-electron chi connectivity index (χ2n) is 5.84. The average Bonchev–Trinajstić information content (AvgIpc) is 3.04. The Hall–Kier alpha value is -1.50. The van der Waals surface area contributed by atoms with E-state index < -0.39 is 11.9 Å². The zero-order valence-electron chi connectivity index (χ0n) is 12.4. The summed E-state index contributed by atoms with van der Waals surface area (Å²) in [5.41, 5.74) is 6.31. The number of likely N-dealkylation sites (tertiary alicyclic amines) is 1. The summed E-state index contributed by atoms with van der Waals surface area (Å²) in [6.45, 7) is 2.81. The first kappa shape index (κ1) is 15.4. The normalized spacial score (nSPS) is 22.8. The van der Waals surface area contributed by atoms with Crippen molar-refractivity contribution < 1.29 is 18.7 Å². The van der Waals surface area contributed by atoms with Gasteiger partial charge in [-0.1, -0.05) is 12.1 Å². The molecule has 1 amide bonds. The first-order valence-corrected chi connectivity index (χ1v) is 7.67. The Morgan fingerprint density at radius 3 is 2.32 bits per heavy atom. The number of nitrogens with two attached hydrogens (primary N) is 1. The third-order valence-corrected chi connectivity index (χ3v) is 4.43. The molecule has 2 aliphatic heterocycles. The zero-order valence-corrected chi connectivity index (χ0v) is 12.4. The summed E-state index contributed by atoms with van der Waals surface area (Å²) in [4.78, 5) is 13.9. The molecule has 1 atom stereocenters. The molecule has 2 aliphatic rings. The number of rotatable bonds is 4. The van der Waals surface area contributed by atoms with Gasteiger partial charge in [0.2, 0.25) is 5.91 Å². The van der Waals surface area contributed by atoms with Crippen LogP contribution < -0.4 is 5.73 Å². The van der Waals surface area contributed by atoms with Gasteiger partial charge in [0.15, 0.2) is 6.29 Å². The van der Waals surface area contributed by atoms with Gasteiger partial charge in [-0.2, -0.15) is 0 Å². The molecule has 3 rings (SSSR count). The fourth-order valence-corrected chi connectivity index (χ4v) is 3.30. The van der Waals surface area contributed by atoms with Crippen LogP contribution in [0, 0.1) is 11.7 Å². The minimum absolute atomic E-state index is 0.111. The van der Waals surface area contributed by atoms with Crippen LogP contribution in [0.5, 0.6) is 0 Å². The number of halogens is 1. The van der Waals surface area contributed by atoms with Crippen LogP contribution in [0.15, 0.2) is 24.3 Å². The molecule has 1 aromatic carbocycles. The number of carbonyl (C=O) groups is 1. The largest absolute Gasteiger partial charge is 0.368 e. The van der Waals surface area contributed by atoms with Crippen molar-refractivity contribution in [3.8, 4) is 0 Å². The lowest BCUT2D eigenvalue weighted by atomic mass is 9.93. The van der Waals surface area contributed by atoms with E-state index in [2.05, 4.69) is 4.90 Å². The second kappa shape index (κ2) is 6.73. The van der Waals surface area contributed by atoms with Crippen LogP contribution in [0.1, 0.15) is 24.4 Å². The molecule has 0 aliphatic carbocycles. The standard InChI is InChI=1S/C16H21FN2O3/c17-13-3-1-11(2-4-13)14(15(18)20)19-7-5-12(6-8-19)16-21-9-10-22-16/h1-4,12,14,16H,5-10H2,(H2,18,20). The Balaban J connectivity index is 1.66. The summed E-state index contributed by atoms with van der Waals surface area (Å²) in [5, 5.41) is 0. The van der Waals surface area contributed by atoms with Crippen LogP contribution in [0.25, 0.3) is 0 Å². The first-order valence-electron chi connectivity index (χ1n) is 7.67. The summed E-state index contributed by atoms with van der Waals surface area (Å²) in [6, 6.07) is 5.46. The van der Waals surface area contributed by atoms with E-state index in [1.165, 1.54) is 12.1 Å². The van der Waals surface area contributed by atoms with E-state index in [1.807, 2.05) is 0 Å². The van der Waals surface area contributed by atoms with Crippen LogP contribution in [0.3, 0.4) is 0 Å². The van der Waals surface area contributed by atoms with Crippen LogP contribution in [-0.2, 0) is 14.3 Å². The topological polar surface area (TPSA) is 64.8 Å². The van der Waals surface area contributed by atoms with Gasteiger partial charge in [0, 0.05) is 5.92 Å². The van der Waals surface area contributed by atoms with Gasteiger partial charge in [-0.25, -0.2) is 4.39 Å². The molecule has 2 saturated heterocycles. The van der Waals surface area contributed by atoms with Crippen molar-refractivity contribution in [2.24, 2.45) is 11.7 Å². The van der Waals surface area contributed by atoms with Crippen molar-refractivity contribution in [3.05, 3.63) is 35.6 Å². The summed E-state index contributed by atoms with van der Waals surface area (Å²) in [7, 11) is 0. The monoisotopic (exact) mass is 308 g/mol. The minimum Gasteiger partial charge on any atom is -0.368 e. The highest BCUT2D eigenvalue weighted by molar-refractivity contribution is 5.81. The van der Waals surface area contributed by atoms with Crippen LogP contribution in [-0.4, -0.2) is 43.4 Å². The molecule has 2 heterocycles. The maximum Gasteiger partial charge on any atom is 0.239 e. The zero-order chi connectivity index (χ0) is 15.5. The number of piperidine rings is 1. The lowest BCUT2D eigenvalue weighted by molar-refractivity contribution is -0.126. The Labute approximate surface area is 129 Å². The molecule has 2 N–H and O–H groups in total. The Bertz CT molecular complexity index is 509. The van der Waals surface area contributed by atoms with E-state index in [1.54, 1.807) is 12.1 Å². The fourth-order valence-electron chi connectivity index (χ4n) is 3.30. The number of hydrogen-bond donors (Lipinski definition) is 1. The van der Waals surface area contributed by atoms with Crippen LogP contribution >= 0.6 is 0 Å². The van der Waals surface area contributed by atoms with Gasteiger partial charge in [-0.05, 0) is 43.6 Å². The van der Waals surface area contributed by atoms with Crippen molar-refractivity contribution in [2.75, 3.05) is 26.3 Å². The quantitative estimate of drug-likeness (QED) is 0.914. The van der Waals surface area contributed by atoms with Gasteiger partial charge < -0.3 is 15.2 Å². The number of primary amides is 1. The summed E-state index contributed by atoms with van der Waals surface area (Å²) in [6.07, 6.45) is 1.69. The fraction of sp³-hybridized carbons (Fsp3) is 0.562. The number of ether oxygens (including phenoxy) is 2. The highest BCUT2D eigenvalue weighted by Gasteiger charge is 2.34. The maximum atomic E-state index is 13.1. The van der Waals surface area contributed by atoms with Gasteiger partial charge in [0.05, 0.1) is 13.2 Å². The van der Waals surface area contributed by atoms with Crippen LogP contribution in [0.4, 0.5) is 4.39 Å². The van der Waals surface area contributed by atoms with E-state index in [0.717, 1.165) is 31.5 Å². The van der Waals surface area contributed by atoms with E-state index in [-0.39, 0.29) is 12.1 Å². The number of amides is 1. The molecule has 22 heavy (non-hydrogen) atoms. The van der Waals surface area contributed by atoms with Gasteiger partial charge in [-0.15, -0.1) is 0 Å². The van der Waals surface area contributed by atoms with Gasteiger partial charge in [0.25, 0.3) is 0 Å². The summed E-state index contributed by atoms with van der Waals surface area (Å²) in [5.74, 6) is -0.361. The Kier molecular flexibility index (Phi) is 4.71. The Morgan fingerprint density at radius 2 is 1.77 bits per heavy atom. The van der Waals surface area contributed by atoms with Crippen molar-refractivity contribution in [1.29, 1.82) is 0 Å². The molecule has 120 valence electrons. The van der Waals surface area contributed by atoms with E-state index in [0.29, 0.717) is 19.1 Å². The average molecular weight is 308 g/mol. The predicted octanol–water partition coefficient (Wildman–Crippen LogP) is 1.44. The van der Waals surface area contributed by atoms with E-state index in [4.69, 9.17) is 15.2 Å². The molecule has 0 spiro atoms. The molecule has 1 aromatic rings. The lowest BCUT2D eigenvalue weighted by Gasteiger charge is -2.37. The second-order valence-corrected chi connectivity index (χ2v) is 5.84. The van der Waals surface area contributed by atoms with Crippen LogP contribution in [0.2, 0.25) is 0 Å². The maximum absolute atomic E-state index is 13.1. The van der Waals surface area contributed by atoms with Gasteiger partial charge >= 0.3 is 0 Å². The van der Waals surface area contributed by atoms with Crippen molar-refractivity contribution in [2.45, 2.75) is 25.2 Å². The third kappa shape index (κ3) is 3.29. The smallest absolute Gasteiger partial charge is 0.239 e. The molecule has 2 fully saturated rings. The molecule has 5 nitrogen and oxygen atoms in total. The summed E-state index contributed by atoms with van der Waals surface area (Å²) >= 11 is 0. The van der Waals surface area contributed by atoms with Crippen molar-refractivity contribution >= 4 is 5.91 Å². The molecule has 0 saturated carbocycles. The lowest BCUT2D eigenvalue weighted by Crippen LogP contribution is -2.44. The number of benzene rings is 1. The molecule has 0 bridgehead atoms. The number of nitrogens with zero attached hydrogens (tertiary/aromatic N) is 1. The first-order chi connectivity index (χ1) is 10.6. The molecular formula is C16H21FN2O3. The van der Waals surface area contributed by atoms with E-state index >= 15 is 0 Å². The highest BCUT2D eigenvalue weighted by atomic mass is 19.1. The SMILES string of the molecule is NC(=O)C(c1ccc(F)cc1)N1CCC(C2OCCO2)CC1. The van der Waals surface area contributed by atoms with Gasteiger partial charge in [-0.3, -0.25) is 9.69 Å². The van der Waals surface area contributed by atoms with Crippen molar-refractivity contribution in [1.82, 2.24) is 4.90 Å². The predicted molar refractivity (Wildman–Crippen MR) is 78.3 cm³/mol. The molecule has 6 heteroatoms. The van der Waals surface area contributed by atoms with Gasteiger partial charge in [0.1, 0.15) is 11.9 Å². The number of hydrogen-bond acceptors (Lipinski definition) is 4. The molecule has 0 aromatic heterocycles. The minimum atomic E-state index is -0.507. The van der Waals surface area contributed by atoms with E-state index in [9.17, 15) is 9.18 Å². The molecule has 1 unspecified atom stereocenters.